The molecule has 0 amide bonds. The number of halogens is 1. The zero-order valence-electron chi connectivity index (χ0n) is 13.1. The van der Waals surface area contributed by atoms with Gasteiger partial charge in [0.1, 0.15) is 0 Å². The van der Waals surface area contributed by atoms with Crippen molar-refractivity contribution in [2.45, 2.75) is 31.3 Å². The Morgan fingerprint density at radius 3 is 2.87 bits per heavy atom. The summed E-state index contributed by atoms with van der Waals surface area (Å²) in [6.07, 6.45) is 6.05. The summed E-state index contributed by atoms with van der Waals surface area (Å²) in [6.45, 7) is 8.04. The molecule has 1 saturated carbocycles. The van der Waals surface area contributed by atoms with Crippen LogP contribution >= 0.6 is 15.9 Å². The van der Waals surface area contributed by atoms with Crippen molar-refractivity contribution >= 4 is 27.4 Å². The molecule has 1 aliphatic carbocycles. The number of ketones is 1. The predicted octanol–water partition coefficient (Wildman–Crippen LogP) is 3.85. The molecule has 2 aliphatic rings. The second kappa shape index (κ2) is 4.35. The number of anilines is 1. The number of allylic oxidation sites excluding steroid dienone is 1. The van der Waals surface area contributed by atoms with Crippen LogP contribution in [0.2, 0.25) is 0 Å². The fourth-order valence-electron chi connectivity index (χ4n) is 4.41. The number of aromatic nitrogens is 2. The molecule has 4 nitrogen and oxygen atoms in total. The third kappa shape index (κ3) is 1.56. The highest BCUT2D eigenvalue weighted by atomic mass is 79.9. The van der Waals surface area contributed by atoms with Crippen molar-refractivity contribution < 1.29 is 4.79 Å². The Labute approximate surface area is 143 Å². The van der Waals surface area contributed by atoms with E-state index in [1.165, 1.54) is 0 Å². The molecule has 0 spiro atoms. The third-order valence-electron chi connectivity index (χ3n) is 5.56. The molecular formula is C18H18BrN3O. The van der Waals surface area contributed by atoms with E-state index in [-0.39, 0.29) is 5.78 Å². The molecule has 1 fully saturated rings. The van der Waals surface area contributed by atoms with Gasteiger partial charge in [0.25, 0.3) is 0 Å². The van der Waals surface area contributed by atoms with E-state index in [2.05, 4.69) is 45.9 Å². The normalized spacial score (nSPS) is 34.8. The molecule has 2 aromatic rings. The summed E-state index contributed by atoms with van der Waals surface area (Å²) in [6, 6.07) is 7.97. The van der Waals surface area contributed by atoms with Gasteiger partial charge in [-0.15, -0.1) is 6.58 Å². The van der Waals surface area contributed by atoms with Crippen LogP contribution in [0.25, 0.3) is 0 Å². The molecule has 0 saturated heterocycles. The summed E-state index contributed by atoms with van der Waals surface area (Å²) < 4.78 is 2.79. The minimum Gasteiger partial charge on any atom is -0.354 e. The van der Waals surface area contributed by atoms with Crippen LogP contribution in [0.5, 0.6) is 0 Å². The van der Waals surface area contributed by atoms with Crippen LogP contribution in [-0.4, -0.2) is 15.6 Å². The molecule has 0 unspecified atom stereocenters. The van der Waals surface area contributed by atoms with Crippen molar-refractivity contribution in [1.82, 2.24) is 9.78 Å². The number of rotatable bonds is 2. The lowest BCUT2D eigenvalue weighted by atomic mass is 9.75. The molecule has 5 heteroatoms. The smallest absolute Gasteiger partial charge is 0.201 e. The molecule has 1 N–H and O–H groups in total. The molecule has 1 aliphatic heterocycles. The van der Waals surface area contributed by atoms with Gasteiger partial charge in [0.05, 0.1) is 0 Å². The predicted molar refractivity (Wildman–Crippen MR) is 93.2 cm³/mol. The molecule has 2 heterocycles. The maximum absolute atomic E-state index is 13.5. The standard InChI is InChI=1S/C18H18BrN3O/c1-4-16(2)11-17(3)13-10-12(19)6-7-14(13)21-18(17,15(16)23)22-9-5-8-20-22/h4-10,21H,1,11H2,2-3H3/t16-,17+,18-/m0/s1. The highest BCUT2D eigenvalue weighted by Crippen LogP contribution is 2.63. The number of carbonyl (C=O) groups excluding carboxylic acids is 1. The number of hydrogen-bond donors (Lipinski definition) is 1. The van der Waals surface area contributed by atoms with E-state index >= 15 is 0 Å². The first-order valence-electron chi connectivity index (χ1n) is 7.64. The number of carbonyl (C=O) groups is 1. The second-order valence-electron chi connectivity index (χ2n) is 6.94. The van der Waals surface area contributed by atoms with Gasteiger partial charge in [-0.2, -0.15) is 5.10 Å². The molecule has 1 aromatic carbocycles. The van der Waals surface area contributed by atoms with E-state index in [1.54, 1.807) is 17.0 Å². The number of nitrogens with one attached hydrogen (secondary N) is 1. The number of benzene rings is 1. The van der Waals surface area contributed by atoms with Gasteiger partial charge in [0, 0.05) is 33.4 Å². The summed E-state index contributed by atoms with van der Waals surface area (Å²) >= 11 is 3.56. The zero-order valence-corrected chi connectivity index (χ0v) is 14.7. The molecule has 1 aromatic heterocycles. The fraction of sp³-hybridized carbons (Fsp3) is 0.333. The van der Waals surface area contributed by atoms with Gasteiger partial charge in [-0.05, 0) is 43.2 Å². The summed E-state index contributed by atoms with van der Waals surface area (Å²) in [7, 11) is 0. The first-order valence-corrected chi connectivity index (χ1v) is 8.43. The lowest BCUT2D eigenvalue weighted by Crippen LogP contribution is -2.54. The Morgan fingerprint density at radius 2 is 2.22 bits per heavy atom. The van der Waals surface area contributed by atoms with Crippen molar-refractivity contribution in [1.29, 1.82) is 0 Å². The van der Waals surface area contributed by atoms with Crippen LogP contribution < -0.4 is 5.32 Å². The van der Waals surface area contributed by atoms with Gasteiger partial charge >= 0.3 is 0 Å². The maximum Gasteiger partial charge on any atom is 0.201 e. The quantitative estimate of drug-likeness (QED) is 0.815. The molecule has 23 heavy (non-hydrogen) atoms. The number of Topliss-reactive ketones (excluding diaryl/α,β-unsaturated/α-hetero) is 1. The summed E-state index contributed by atoms with van der Waals surface area (Å²) in [5.41, 5.74) is 0.223. The van der Waals surface area contributed by atoms with Crippen LogP contribution in [0.4, 0.5) is 5.69 Å². The summed E-state index contributed by atoms with van der Waals surface area (Å²) in [5, 5.41) is 7.92. The van der Waals surface area contributed by atoms with Crippen molar-refractivity contribution in [3.05, 3.63) is 59.4 Å². The Bertz CT molecular complexity index is 831. The van der Waals surface area contributed by atoms with Crippen molar-refractivity contribution in [2.75, 3.05) is 5.32 Å². The Kier molecular flexibility index (Phi) is 2.78. The van der Waals surface area contributed by atoms with Gasteiger partial charge in [-0.3, -0.25) is 4.79 Å². The fourth-order valence-corrected chi connectivity index (χ4v) is 4.78. The summed E-state index contributed by atoms with van der Waals surface area (Å²) in [5.74, 6) is 0.110. The van der Waals surface area contributed by atoms with Crippen molar-refractivity contribution in [3.8, 4) is 0 Å². The molecule has 0 bridgehead atoms. The molecule has 3 atom stereocenters. The average Bonchev–Trinajstić information content (AvgIpc) is 3.17. The number of fused-ring (bicyclic) bond motifs is 3. The minimum absolute atomic E-state index is 0.110. The van der Waals surface area contributed by atoms with E-state index in [0.717, 1.165) is 15.7 Å². The van der Waals surface area contributed by atoms with Crippen LogP contribution in [-0.2, 0) is 15.9 Å². The molecular weight excluding hydrogens is 354 g/mol. The van der Waals surface area contributed by atoms with Gasteiger partial charge in [-0.1, -0.05) is 28.9 Å². The molecule has 118 valence electrons. The largest absolute Gasteiger partial charge is 0.354 e. The molecule has 4 rings (SSSR count). The van der Waals surface area contributed by atoms with Gasteiger partial charge in [-0.25, -0.2) is 4.68 Å². The SMILES string of the molecule is C=C[C@@]1(C)C[C@]2(C)c3cc(Br)ccc3N[C@]2(n2cccn2)C1=O. The van der Waals surface area contributed by atoms with E-state index in [1.807, 2.05) is 31.3 Å². The third-order valence-corrected chi connectivity index (χ3v) is 6.05. The van der Waals surface area contributed by atoms with E-state index < -0.39 is 16.5 Å². The first-order chi connectivity index (χ1) is 10.9. The topological polar surface area (TPSA) is 46.9 Å². The van der Waals surface area contributed by atoms with Crippen LogP contribution in [0.1, 0.15) is 25.8 Å². The van der Waals surface area contributed by atoms with Crippen LogP contribution in [0.15, 0.2) is 53.8 Å². The first kappa shape index (κ1) is 14.7. The van der Waals surface area contributed by atoms with E-state index in [4.69, 9.17) is 0 Å². The van der Waals surface area contributed by atoms with Crippen molar-refractivity contribution in [3.63, 3.8) is 0 Å². The van der Waals surface area contributed by atoms with Crippen LogP contribution in [0.3, 0.4) is 0 Å². The number of nitrogens with zero attached hydrogens (tertiary/aromatic N) is 2. The average molecular weight is 372 g/mol. The zero-order chi connectivity index (χ0) is 16.5. The second-order valence-corrected chi connectivity index (χ2v) is 7.85. The van der Waals surface area contributed by atoms with Crippen LogP contribution in [0, 0.1) is 5.41 Å². The lowest BCUT2D eigenvalue weighted by molar-refractivity contribution is -0.130. The van der Waals surface area contributed by atoms with Gasteiger partial charge in [0.15, 0.2) is 5.78 Å². The highest BCUT2D eigenvalue weighted by Gasteiger charge is 2.71. The summed E-state index contributed by atoms with van der Waals surface area (Å²) in [4.78, 5) is 13.5. The maximum atomic E-state index is 13.5. The monoisotopic (exact) mass is 371 g/mol. The Morgan fingerprint density at radius 1 is 1.43 bits per heavy atom. The Balaban J connectivity index is 2.05. The van der Waals surface area contributed by atoms with Crippen molar-refractivity contribution in [2.24, 2.45) is 5.41 Å². The lowest BCUT2D eigenvalue weighted by Gasteiger charge is -2.36. The highest BCUT2D eigenvalue weighted by molar-refractivity contribution is 9.10. The number of hydrogen-bond acceptors (Lipinski definition) is 3. The van der Waals surface area contributed by atoms with E-state index in [0.29, 0.717) is 6.42 Å². The molecule has 0 radical (unpaired) electrons. The van der Waals surface area contributed by atoms with Gasteiger partial charge < -0.3 is 5.32 Å². The minimum atomic E-state index is -0.914. The van der Waals surface area contributed by atoms with E-state index in [9.17, 15) is 4.79 Å². The Hall–Kier alpha value is -1.88. The van der Waals surface area contributed by atoms with Gasteiger partial charge in [0.2, 0.25) is 5.66 Å².